The summed E-state index contributed by atoms with van der Waals surface area (Å²) in [5.74, 6) is -0.749. The predicted octanol–water partition coefficient (Wildman–Crippen LogP) is 1.67. The van der Waals surface area contributed by atoms with Gasteiger partial charge in [-0.05, 0) is 18.6 Å². The summed E-state index contributed by atoms with van der Waals surface area (Å²) in [5.41, 5.74) is 0.920. The number of aryl methyl sites for hydroxylation is 1. The van der Waals surface area contributed by atoms with Crippen molar-refractivity contribution < 1.29 is 24.2 Å². The minimum absolute atomic E-state index is 0.288. The monoisotopic (exact) mass is 238 g/mol. The number of carboxylic acid groups (broad SMARTS) is 1. The van der Waals surface area contributed by atoms with Gasteiger partial charge in [-0.15, -0.1) is 0 Å². The average molecular weight is 238 g/mol. The second kappa shape index (κ2) is 5.34. The van der Waals surface area contributed by atoms with Crippen molar-refractivity contribution in [3.63, 3.8) is 0 Å². The molecule has 0 unspecified atom stereocenters. The topological polar surface area (TPSA) is 72.8 Å². The lowest BCUT2D eigenvalue weighted by molar-refractivity contribution is -0.135. The van der Waals surface area contributed by atoms with Gasteiger partial charge in [-0.3, -0.25) is 9.59 Å². The number of hydrogen-bond acceptors (Lipinski definition) is 4. The van der Waals surface area contributed by atoms with E-state index in [9.17, 15) is 9.59 Å². The van der Waals surface area contributed by atoms with E-state index in [1.807, 2.05) is 0 Å². The summed E-state index contributed by atoms with van der Waals surface area (Å²) in [6.45, 7) is 1.71. The molecule has 92 valence electrons. The Bertz CT molecular complexity index is 450. The van der Waals surface area contributed by atoms with Crippen molar-refractivity contribution in [1.82, 2.24) is 0 Å². The molecule has 0 heterocycles. The molecule has 0 spiro atoms. The van der Waals surface area contributed by atoms with Crippen molar-refractivity contribution in [1.29, 1.82) is 0 Å². The van der Waals surface area contributed by atoms with Crippen LogP contribution in [0.5, 0.6) is 11.5 Å². The standard InChI is InChI=1S/C12H14O5/c1-7-4-8(16-2)5-10(17-3)12(7)9(13)6-11(14)15/h4-5H,6H2,1-3H3,(H,14,15). The van der Waals surface area contributed by atoms with Crippen molar-refractivity contribution in [2.24, 2.45) is 0 Å². The summed E-state index contributed by atoms with van der Waals surface area (Å²) in [7, 11) is 2.93. The van der Waals surface area contributed by atoms with E-state index in [0.717, 1.165) is 0 Å². The molecular formula is C12H14O5. The number of ketones is 1. The maximum atomic E-state index is 11.8. The summed E-state index contributed by atoms with van der Waals surface area (Å²) in [6, 6.07) is 3.22. The third-order valence-electron chi connectivity index (χ3n) is 2.32. The first-order chi connectivity index (χ1) is 7.99. The zero-order valence-corrected chi connectivity index (χ0v) is 9.94. The van der Waals surface area contributed by atoms with Gasteiger partial charge in [0.1, 0.15) is 17.9 Å². The molecule has 0 atom stereocenters. The summed E-state index contributed by atoms with van der Waals surface area (Å²) >= 11 is 0. The Morgan fingerprint density at radius 1 is 1.24 bits per heavy atom. The van der Waals surface area contributed by atoms with Crippen LogP contribution in [0.15, 0.2) is 12.1 Å². The molecule has 1 aromatic carbocycles. The van der Waals surface area contributed by atoms with Crippen LogP contribution < -0.4 is 9.47 Å². The van der Waals surface area contributed by atoms with Crippen molar-refractivity contribution in [2.45, 2.75) is 13.3 Å². The van der Waals surface area contributed by atoms with Crippen molar-refractivity contribution in [3.8, 4) is 11.5 Å². The summed E-state index contributed by atoms with van der Waals surface area (Å²) in [4.78, 5) is 22.3. The molecule has 0 aliphatic heterocycles. The smallest absolute Gasteiger partial charge is 0.311 e. The maximum absolute atomic E-state index is 11.8. The molecule has 0 fully saturated rings. The third kappa shape index (κ3) is 2.96. The fourth-order valence-corrected chi connectivity index (χ4v) is 1.58. The summed E-state index contributed by atoms with van der Waals surface area (Å²) < 4.78 is 10.1. The van der Waals surface area contributed by atoms with Crippen LogP contribution in [0.1, 0.15) is 22.3 Å². The van der Waals surface area contributed by atoms with Gasteiger partial charge in [-0.25, -0.2) is 0 Å². The number of ether oxygens (including phenoxy) is 2. The molecule has 5 nitrogen and oxygen atoms in total. The Balaban J connectivity index is 3.22. The fraction of sp³-hybridized carbons (Fsp3) is 0.333. The first kappa shape index (κ1) is 13.0. The number of carbonyl (C=O) groups is 2. The molecular weight excluding hydrogens is 224 g/mol. The number of carboxylic acids is 1. The number of methoxy groups -OCH3 is 2. The van der Waals surface area contributed by atoms with Gasteiger partial charge in [-0.2, -0.15) is 0 Å². The lowest BCUT2D eigenvalue weighted by Gasteiger charge is -2.12. The number of rotatable bonds is 5. The molecule has 17 heavy (non-hydrogen) atoms. The molecule has 0 aliphatic carbocycles. The van der Waals surface area contributed by atoms with Crippen LogP contribution >= 0.6 is 0 Å². The van der Waals surface area contributed by atoms with E-state index in [4.69, 9.17) is 14.6 Å². The van der Waals surface area contributed by atoms with Crippen molar-refractivity contribution >= 4 is 11.8 Å². The zero-order chi connectivity index (χ0) is 13.0. The Kier molecular flexibility index (Phi) is 4.09. The number of hydrogen-bond donors (Lipinski definition) is 1. The Labute approximate surface area is 99.0 Å². The van der Waals surface area contributed by atoms with Gasteiger partial charge >= 0.3 is 5.97 Å². The highest BCUT2D eigenvalue weighted by molar-refractivity contribution is 6.08. The lowest BCUT2D eigenvalue weighted by atomic mass is 10.0. The molecule has 1 N–H and O–H groups in total. The quantitative estimate of drug-likeness (QED) is 0.624. The summed E-state index contributed by atoms with van der Waals surface area (Å²) in [5, 5.41) is 8.61. The van der Waals surface area contributed by atoms with E-state index in [2.05, 4.69) is 0 Å². The highest BCUT2D eigenvalue weighted by Gasteiger charge is 2.19. The predicted molar refractivity (Wildman–Crippen MR) is 60.9 cm³/mol. The van der Waals surface area contributed by atoms with Gasteiger partial charge in [0.15, 0.2) is 5.78 Å². The molecule has 0 saturated carbocycles. The van der Waals surface area contributed by atoms with Gasteiger partial charge in [-0.1, -0.05) is 0 Å². The average Bonchev–Trinajstić information content (AvgIpc) is 2.26. The van der Waals surface area contributed by atoms with Gasteiger partial charge < -0.3 is 14.6 Å². The SMILES string of the molecule is COc1cc(C)c(C(=O)CC(=O)O)c(OC)c1. The Hall–Kier alpha value is -2.04. The van der Waals surface area contributed by atoms with Crippen LogP contribution in [0.25, 0.3) is 0 Å². The van der Waals surface area contributed by atoms with E-state index in [1.54, 1.807) is 19.1 Å². The highest BCUT2D eigenvalue weighted by Crippen LogP contribution is 2.29. The Morgan fingerprint density at radius 2 is 1.88 bits per heavy atom. The van der Waals surface area contributed by atoms with Gasteiger partial charge in [0.2, 0.25) is 0 Å². The van der Waals surface area contributed by atoms with Crippen LogP contribution in [-0.4, -0.2) is 31.1 Å². The maximum Gasteiger partial charge on any atom is 0.311 e. The van der Waals surface area contributed by atoms with E-state index < -0.39 is 18.2 Å². The minimum atomic E-state index is -1.16. The largest absolute Gasteiger partial charge is 0.497 e. The molecule has 0 bridgehead atoms. The molecule has 0 saturated heterocycles. The second-order valence-corrected chi connectivity index (χ2v) is 3.52. The van der Waals surface area contributed by atoms with Crippen LogP contribution in [0.2, 0.25) is 0 Å². The van der Waals surface area contributed by atoms with Crippen LogP contribution in [0.4, 0.5) is 0 Å². The number of aliphatic carboxylic acids is 1. The van der Waals surface area contributed by atoms with Gasteiger partial charge in [0.25, 0.3) is 0 Å². The van der Waals surface area contributed by atoms with E-state index in [0.29, 0.717) is 17.1 Å². The van der Waals surface area contributed by atoms with Crippen LogP contribution in [0, 0.1) is 6.92 Å². The first-order valence-electron chi connectivity index (χ1n) is 4.97. The molecule has 0 aromatic heterocycles. The fourth-order valence-electron chi connectivity index (χ4n) is 1.58. The lowest BCUT2D eigenvalue weighted by Crippen LogP contribution is -2.10. The van der Waals surface area contributed by atoms with Gasteiger partial charge in [0, 0.05) is 6.07 Å². The molecule has 0 radical (unpaired) electrons. The molecule has 5 heteroatoms. The van der Waals surface area contributed by atoms with Crippen LogP contribution in [0.3, 0.4) is 0 Å². The third-order valence-corrected chi connectivity index (χ3v) is 2.32. The number of carbonyl (C=O) groups excluding carboxylic acids is 1. The van der Waals surface area contributed by atoms with E-state index in [-0.39, 0.29) is 5.56 Å². The zero-order valence-electron chi connectivity index (χ0n) is 9.94. The van der Waals surface area contributed by atoms with Gasteiger partial charge in [0.05, 0.1) is 19.8 Å². The number of benzene rings is 1. The minimum Gasteiger partial charge on any atom is -0.497 e. The van der Waals surface area contributed by atoms with Crippen LogP contribution in [-0.2, 0) is 4.79 Å². The number of Topliss-reactive ketones (excluding diaryl/α,β-unsaturated/α-hetero) is 1. The highest BCUT2D eigenvalue weighted by atomic mass is 16.5. The molecule has 1 aromatic rings. The van der Waals surface area contributed by atoms with E-state index >= 15 is 0 Å². The van der Waals surface area contributed by atoms with E-state index in [1.165, 1.54) is 14.2 Å². The second-order valence-electron chi connectivity index (χ2n) is 3.52. The normalized spacial score (nSPS) is 9.82. The first-order valence-corrected chi connectivity index (χ1v) is 4.97. The molecule has 0 aliphatic rings. The van der Waals surface area contributed by atoms with Crippen molar-refractivity contribution in [2.75, 3.05) is 14.2 Å². The molecule has 1 rings (SSSR count). The molecule has 0 amide bonds. The summed E-state index contributed by atoms with van der Waals surface area (Å²) in [6.07, 6.45) is -0.552. The Morgan fingerprint density at radius 3 is 2.35 bits per heavy atom. The van der Waals surface area contributed by atoms with Crippen molar-refractivity contribution in [3.05, 3.63) is 23.3 Å².